The van der Waals surface area contributed by atoms with Crippen molar-refractivity contribution in [2.24, 2.45) is 5.41 Å². The number of fused-ring (bicyclic) bond motifs is 1. The minimum Gasteiger partial charge on any atom is -0.440 e. The van der Waals surface area contributed by atoms with Crippen LogP contribution in [0, 0.1) is 5.41 Å². The van der Waals surface area contributed by atoms with Gasteiger partial charge in [-0.25, -0.2) is 4.79 Å². The van der Waals surface area contributed by atoms with Gasteiger partial charge in [0.15, 0.2) is 12.4 Å². The summed E-state index contributed by atoms with van der Waals surface area (Å²) in [5.74, 6) is 0.0175. The second kappa shape index (κ2) is 15.9. The van der Waals surface area contributed by atoms with Gasteiger partial charge in [0.1, 0.15) is 24.1 Å². The Hall–Kier alpha value is -4.34. The molecule has 6 rings (SSSR count). The second-order valence-electron chi connectivity index (χ2n) is 13.7. The molecule has 1 amide bonds. The third kappa shape index (κ3) is 9.02. The number of hydrogen-bond donors (Lipinski definition) is 0. The van der Waals surface area contributed by atoms with E-state index in [4.69, 9.17) is 23.7 Å². The molecule has 6 atom stereocenters. The molecule has 2 saturated heterocycles. The highest BCUT2D eigenvalue weighted by Gasteiger charge is 2.53. The van der Waals surface area contributed by atoms with Gasteiger partial charge in [0, 0.05) is 30.5 Å². The minimum atomic E-state index is -0.906. The van der Waals surface area contributed by atoms with Gasteiger partial charge in [-0.1, -0.05) is 142 Å². The molecule has 256 valence electrons. The number of hydrogen-bond acceptors (Lipinski definition) is 7. The van der Waals surface area contributed by atoms with E-state index in [0.717, 1.165) is 22.3 Å². The monoisotopic (exact) mass is 663 g/mol. The number of nitrogens with zero attached hydrogens (tertiary/aromatic N) is 1. The molecule has 0 aromatic heterocycles. The molecule has 8 nitrogen and oxygen atoms in total. The highest BCUT2D eigenvalue weighted by molar-refractivity contribution is 5.84. The molecule has 0 aliphatic carbocycles. The Balaban J connectivity index is 1.34. The van der Waals surface area contributed by atoms with Crippen LogP contribution in [-0.2, 0) is 48.2 Å². The van der Waals surface area contributed by atoms with Gasteiger partial charge < -0.3 is 23.7 Å². The molecule has 0 bridgehead atoms. The molecule has 2 aliphatic rings. The SMILES string of the molecule is CC(C)(C)C(=O)C[C@H]1O[C@@H]2CO[C@@H](c3ccccc3)O[C@H]2[C@H](OC(=O)N(Cc2ccccc2)Cc2ccccc2)[C@@H]1OCc1ccccc1. The molecule has 4 aromatic rings. The van der Waals surface area contributed by atoms with Crippen LogP contribution in [0.1, 0.15) is 55.7 Å². The molecular formula is C41H45NO7. The average molecular weight is 664 g/mol. The summed E-state index contributed by atoms with van der Waals surface area (Å²) in [5.41, 5.74) is 3.12. The summed E-state index contributed by atoms with van der Waals surface area (Å²) in [6.45, 7) is 6.77. The van der Waals surface area contributed by atoms with Crippen LogP contribution in [0.25, 0.3) is 0 Å². The first-order chi connectivity index (χ1) is 23.7. The van der Waals surface area contributed by atoms with Gasteiger partial charge in [-0.2, -0.15) is 0 Å². The third-order valence-electron chi connectivity index (χ3n) is 8.93. The van der Waals surface area contributed by atoms with E-state index in [-0.39, 0.29) is 25.4 Å². The van der Waals surface area contributed by atoms with Gasteiger partial charge in [-0.05, 0) is 16.7 Å². The van der Waals surface area contributed by atoms with E-state index in [0.29, 0.717) is 13.1 Å². The quantitative estimate of drug-likeness (QED) is 0.163. The lowest BCUT2D eigenvalue weighted by Gasteiger charge is -2.49. The normalized spacial score (nSPS) is 23.7. The Morgan fingerprint density at radius 3 is 1.80 bits per heavy atom. The number of carbonyl (C=O) groups excluding carboxylic acids is 2. The molecule has 8 heteroatoms. The van der Waals surface area contributed by atoms with Crippen LogP contribution in [0.4, 0.5) is 4.79 Å². The van der Waals surface area contributed by atoms with Gasteiger partial charge in [0.25, 0.3) is 0 Å². The van der Waals surface area contributed by atoms with Crippen LogP contribution >= 0.6 is 0 Å². The molecule has 4 aromatic carbocycles. The summed E-state index contributed by atoms with van der Waals surface area (Å²) in [4.78, 5) is 29.6. The summed E-state index contributed by atoms with van der Waals surface area (Å²) in [5, 5.41) is 0. The Morgan fingerprint density at radius 2 is 1.24 bits per heavy atom. The summed E-state index contributed by atoms with van der Waals surface area (Å²) < 4.78 is 32.5. The smallest absolute Gasteiger partial charge is 0.410 e. The van der Waals surface area contributed by atoms with E-state index in [1.54, 1.807) is 4.90 Å². The highest BCUT2D eigenvalue weighted by Crippen LogP contribution is 2.38. The minimum absolute atomic E-state index is 0.0175. The number of rotatable bonds is 11. The first kappa shape index (κ1) is 34.5. The Kier molecular flexibility index (Phi) is 11.2. The number of carbonyl (C=O) groups is 2. The maximum absolute atomic E-state index is 14.4. The van der Waals surface area contributed by atoms with Crippen LogP contribution in [0.2, 0.25) is 0 Å². The predicted octanol–water partition coefficient (Wildman–Crippen LogP) is 7.67. The van der Waals surface area contributed by atoms with Crippen molar-refractivity contribution >= 4 is 11.9 Å². The number of amides is 1. The average Bonchev–Trinajstić information content (AvgIpc) is 3.12. The van der Waals surface area contributed by atoms with E-state index in [2.05, 4.69) is 0 Å². The molecule has 2 heterocycles. The summed E-state index contributed by atoms with van der Waals surface area (Å²) in [6.07, 6.45) is -4.85. The first-order valence-corrected chi connectivity index (χ1v) is 16.9. The lowest BCUT2D eigenvalue weighted by molar-refractivity contribution is -0.332. The molecule has 0 unspecified atom stereocenters. The van der Waals surface area contributed by atoms with Crippen molar-refractivity contribution < 1.29 is 33.3 Å². The fourth-order valence-electron chi connectivity index (χ4n) is 6.18. The van der Waals surface area contributed by atoms with E-state index in [9.17, 15) is 9.59 Å². The zero-order valence-electron chi connectivity index (χ0n) is 28.4. The number of ether oxygens (including phenoxy) is 5. The lowest BCUT2D eigenvalue weighted by Crippen LogP contribution is -2.64. The Morgan fingerprint density at radius 1 is 0.714 bits per heavy atom. The Labute approximate surface area is 288 Å². The zero-order chi connectivity index (χ0) is 34.2. The largest absolute Gasteiger partial charge is 0.440 e. The summed E-state index contributed by atoms with van der Waals surface area (Å²) >= 11 is 0. The fraction of sp³-hybridized carbons (Fsp3) is 0.366. The van der Waals surface area contributed by atoms with Crippen molar-refractivity contribution in [1.29, 1.82) is 0 Å². The molecule has 0 spiro atoms. The molecule has 49 heavy (non-hydrogen) atoms. The maximum atomic E-state index is 14.4. The van der Waals surface area contributed by atoms with Crippen LogP contribution in [0.3, 0.4) is 0 Å². The lowest BCUT2D eigenvalue weighted by atomic mass is 9.84. The number of Topliss-reactive ketones (excluding diaryl/α,β-unsaturated/α-hetero) is 1. The van der Waals surface area contributed by atoms with Crippen LogP contribution in [-0.4, -0.2) is 53.9 Å². The molecule has 2 aliphatic heterocycles. The first-order valence-electron chi connectivity index (χ1n) is 16.9. The van der Waals surface area contributed by atoms with Gasteiger partial charge in [0.2, 0.25) is 0 Å². The van der Waals surface area contributed by atoms with E-state index in [1.165, 1.54) is 0 Å². The van der Waals surface area contributed by atoms with Crippen molar-refractivity contribution in [3.8, 4) is 0 Å². The van der Waals surface area contributed by atoms with Gasteiger partial charge in [-0.15, -0.1) is 0 Å². The Bertz CT molecular complexity index is 1590. The number of ketones is 1. The van der Waals surface area contributed by atoms with E-state index < -0.39 is 48.3 Å². The third-order valence-corrected chi connectivity index (χ3v) is 8.93. The topological polar surface area (TPSA) is 83.5 Å². The fourth-order valence-corrected chi connectivity index (χ4v) is 6.18. The van der Waals surface area contributed by atoms with E-state index >= 15 is 0 Å². The molecule has 2 fully saturated rings. The van der Waals surface area contributed by atoms with E-state index in [1.807, 2.05) is 142 Å². The maximum Gasteiger partial charge on any atom is 0.410 e. The summed E-state index contributed by atoms with van der Waals surface area (Å²) in [7, 11) is 0. The van der Waals surface area contributed by atoms with Gasteiger partial charge in [0.05, 0.1) is 19.3 Å². The highest BCUT2D eigenvalue weighted by atomic mass is 16.7. The van der Waals surface area contributed by atoms with Crippen molar-refractivity contribution in [3.05, 3.63) is 144 Å². The molecule has 0 saturated carbocycles. The number of benzene rings is 4. The standard InChI is InChI=1S/C41H45NO7/c1-41(2,3)35(43)24-33-36(45-27-31-20-12-6-13-21-31)38(37-34(47-33)28-46-39(48-37)32-22-14-7-15-23-32)49-40(44)42(25-29-16-8-4-9-17-29)26-30-18-10-5-11-19-30/h4-23,33-34,36-39H,24-28H2,1-3H3/t33-,34-,36-,37-,38-,39-/m1/s1. The van der Waals surface area contributed by atoms with Crippen LogP contribution in [0.15, 0.2) is 121 Å². The van der Waals surface area contributed by atoms with Crippen LogP contribution < -0.4 is 0 Å². The van der Waals surface area contributed by atoms with Crippen molar-refractivity contribution in [2.45, 2.75) is 83.7 Å². The zero-order valence-corrected chi connectivity index (χ0v) is 28.4. The van der Waals surface area contributed by atoms with Crippen molar-refractivity contribution in [3.63, 3.8) is 0 Å². The van der Waals surface area contributed by atoms with Gasteiger partial charge >= 0.3 is 6.09 Å². The second-order valence-corrected chi connectivity index (χ2v) is 13.7. The molecule has 0 radical (unpaired) electrons. The molecule has 0 N–H and O–H groups in total. The molecular weight excluding hydrogens is 618 g/mol. The summed E-state index contributed by atoms with van der Waals surface area (Å²) in [6, 6.07) is 39.1. The van der Waals surface area contributed by atoms with Crippen molar-refractivity contribution in [2.75, 3.05) is 6.61 Å². The van der Waals surface area contributed by atoms with Gasteiger partial charge in [-0.3, -0.25) is 9.69 Å². The predicted molar refractivity (Wildman–Crippen MR) is 185 cm³/mol. The van der Waals surface area contributed by atoms with Crippen LogP contribution in [0.5, 0.6) is 0 Å². The van der Waals surface area contributed by atoms with Crippen molar-refractivity contribution in [1.82, 2.24) is 4.90 Å².